The Hall–Kier alpha value is -3.33. The van der Waals surface area contributed by atoms with Gasteiger partial charge in [-0.15, -0.1) is 0 Å². The van der Waals surface area contributed by atoms with E-state index in [1.165, 1.54) is 27.2 Å². The van der Waals surface area contributed by atoms with Crippen LogP contribution in [0.4, 0.5) is 0 Å². The molecule has 13 heteroatoms. The van der Waals surface area contributed by atoms with Gasteiger partial charge >= 0.3 is 11.9 Å². The normalized spacial score (nSPS) is 37.1. The van der Waals surface area contributed by atoms with Crippen LogP contribution >= 0.6 is 0 Å². The SMILES string of the molecule is CC[C@H]1OC(=O)C(C)C(=O)[C@H](C)[C@@H](O[C@@H]2O[C@H](C)C[C@H](N(C)C)[C@H]2O)[C@](C)(OC)C[C@@H](C)C(=O)C(C)[C@@H](CCOC(=O)c2ccnc3ccccc23)[C@]1(C)O. The van der Waals surface area contributed by atoms with E-state index in [-0.39, 0.29) is 43.8 Å². The third-order valence-electron chi connectivity index (χ3n) is 12.1. The number of nitrogens with zero attached hydrogens (tertiary/aromatic N) is 2. The summed E-state index contributed by atoms with van der Waals surface area (Å²) in [6.07, 6.45) is -2.20. The summed E-state index contributed by atoms with van der Waals surface area (Å²) in [6.45, 7) is 13.3. The molecule has 0 amide bonds. The molecule has 0 spiro atoms. The molecule has 2 N–H and O–H groups in total. The number of para-hydroxylation sites is 1. The van der Waals surface area contributed by atoms with E-state index < -0.39 is 83.1 Å². The van der Waals surface area contributed by atoms with E-state index in [9.17, 15) is 29.4 Å². The van der Waals surface area contributed by atoms with Gasteiger partial charge in [0.1, 0.15) is 29.5 Å². The molecule has 2 saturated heterocycles. The van der Waals surface area contributed by atoms with Gasteiger partial charge in [-0.2, -0.15) is 0 Å². The number of ketones is 2. The molecular formula is C42H62N2O11. The predicted molar refractivity (Wildman–Crippen MR) is 205 cm³/mol. The fraction of sp³-hybridized carbons (Fsp3) is 0.690. The first-order chi connectivity index (χ1) is 25.8. The third kappa shape index (κ3) is 9.62. The lowest BCUT2D eigenvalue weighted by molar-refractivity contribution is -0.295. The Bertz CT molecular complexity index is 1660. The predicted octanol–water partition coefficient (Wildman–Crippen LogP) is 4.77. The first-order valence-corrected chi connectivity index (χ1v) is 19.5. The molecule has 13 nitrogen and oxygen atoms in total. The van der Waals surface area contributed by atoms with E-state index >= 15 is 0 Å². The monoisotopic (exact) mass is 770 g/mol. The Morgan fingerprint density at radius 2 is 1.69 bits per heavy atom. The smallest absolute Gasteiger partial charge is 0.338 e. The van der Waals surface area contributed by atoms with E-state index in [2.05, 4.69) is 4.98 Å². The number of carbonyl (C=O) groups is 4. The third-order valence-corrected chi connectivity index (χ3v) is 12.1. The molecule has 4 rings (SSSR count). The zero-order valence-electron chi connectivity index (χ0n) is 34.3. The topological polar surface area (TPSA) is 171 Å². The Morgan fingerprint density at radius 1 is 1.02 bits per heavy atom. The summed E-state index contributed by atoms with van der Waals surface area (Å²) in [5, 5.41) is 24.3. The molecule has 2 aliphatic rings. The maximum Gasteiger partial charge on any atom is 0.338 e. The minimum Gasteiger partial charge on any atom is -0.462 e. The van der Waals surface area contributed by atoms with E-state index in [0.717, 1.165) is 0 Å². The van der Waals surface area contributed by atoms with Crippen molar-refractivity contribution >= 4 is 34.4 Å². The van der Waals surface area contributed by atoms with Crippen molar-refractivity contribution in [3.8, 4) is 0 Å². The molecule has 0 aliphatic carbocycles. The van der Waals surface area contributed by atoms with Crippen LogP contribution in [0.1, 0.15) is 91.4 Å². The second-order valence-corrected chi connectivity index (χ2v) is 16.3. The van der Waals surface area contributed by atoms with Gasteiger partial charge < -0.3 is 38.8 Å². The van der Waals surface area contributed by atoms with Crippen molar-refractivity contribution in [2.45, 2.75) is 129 Å². The van der Waals surface area contributed by atoms with E-state index in [1.807, 2.05) is 32.0 Å². The molecule has 2 unspecified atom stereocenters. The summed E-state index contributed by atoms with van der Waals surface area (Å²) in [5.74, 6) is -6.66. The van der Waals surface area contributed by atoms with Crippen molar-refractivity contribution in [2.75, 3.05) is 27.8 Å². The summed E-state index contributed by atoms with van der Waals surface area (Å²) >= 11 is 0. The lowest BCUT2D eigenvalue weighted by Crippen LogP contribution is -2.59. The number of hydrogen-bond donors (Lipinski definition) is 2. The van der Waals surface area contributed by atoms with Gasteiger partial charge in [-0.3, -0.25) is 19.4 Å². The van der Waals surface area contributed by atoms with Gasteiger partial charge in [-0.25, -0.2) is 4.79 Å². The van der Waals surface area contributed by atoms with Gasteiger partial charge in [0.25, 0.3) is 0 Å². The number of fused-ring (bicyclic) bond motifs is 1. The summed E-state index contributed by atoms with van der Waals surface area (Å²) in [4.78, 5) is 62.0. The number of carbonyl (C=O) groups excluding carboxylic acids is 4. The average Bonchev–Trinajstić information content (AvgIpc) is 3.15. The molecule has 55 heavy (non-hydrogen) atoms. The van der Waals surface area contributed by atoms with E-state index in [0.29, 0.717) is 22.9 Å². The number of methoxy groups -OCH3 is 1. The van der Waals surface area contributed by atoms with Gasteiger partial charge in [0.15, 0.2) is 12.1 Å². The number of pyridine rings is 1. The molecule has 2 aliphatic heterocycles. The molecule has 0 radical (unpaired) electrons. The van der Waals surface area contributed by atoms with Crippen molar-refractivity contribution < 1.29 is 53.1 Å². The number of aliphatic hydroxyl groups is 2. The molecule has 2 aromatic rings. The van der Waals surface area contributed by atoms with Crippen LogP contribution in [-0.4, -0.2) is 119 Å². The van der Waals surface area contributed by atoms with Crippen molar-refractivity contribution in [3.05, 3.63) is 42.1 Å². The highest BCUT2D eigenvalue weighted by atomic mass is 16.7. The van der Waals surface area contributed by atoms with E-state index in [1.54, 1.807) is 58.9 Å². The van der Waals surface area contributed by atoms with Crippen LogP contribution in [0.25, 0.3) is 10.9 Å². The number of esters is 2. The minimum absolute atomic E-state index is 0.0658. The van der Waals surface area contributed by atoms with Gasteiger partial charge in [0.2, 0.25) is 0 Å². The molecule has 306 valence electrons. The zero-order valence-corrected chi connectivity index (χ0v) is 34.3. The second-order valence-electron chi connectivity index (χ2n) is 16.3. The van der Waals surface area contributed by atoms with Gasteiger partial charge in [0, 0.05) is 48.4 Å². The Kier molecular flexibility index (Phi) is 14.8. The van der Waals surface area contributed by atoms with Gasteiger partial charge in [-0.05, 0) is 79.6 Å². The van der Waals surface area contributed by atoms with Crippen molar-refractivity contribution in [1.29, 1.82) is 0 Å². The molecule has 0 saturated carbocycles. The number of cyclic esters (lactones) is 1. The molecule has 13 atom stereocenters. The first kappa shape index (κ1) is 44.4. The Labute approximate surface area is 325 Å². The summed E-state index contributed by atoms with van der Waals surface area (Å²) in [5.41, 5.74) is -2.08. The number of ether oxygens (including phenoxy) is 5. The number of aliphatic hydroxyl groups excluding tert-OH is 1. The average molecular weight is 771 g/mol. The number of hydrogen-bond acceptors (Lipinski definition) is 13. The second kappa shape index (κ2) is 18.3. The van der Waals surface area contributed by atoms with Crippen LogP contribution in [0.5, 0.6) is 0 Å². The Balaban J connectivity index is 1.69. The quantitative estimate of drug-likeness (QED) is 0.264. The summed E-state index contributed by atoms with van der Waals surface area (Å²) in [7, 11) is 5.19. The van der Waals surface area contributed by atoms with Crippen LogP contribution in [0, 0.1) is 29.6 Å². The summed E-state index contributed by atoms with van der Waals surface area (Å²) in [6, 6.07) is 8.50. The largest absolute Gasteiger partial charge is 0.462 e. The van der Waals surface area contributed by atoms with Crippen LogP contribution in [0.3, 0.4) is 0 Å². The number of benzene rings is 1. The standard InChI is InChI=1S/C42H62N2O11/c1-12-33-42(8,50)30(18-20-52-39(49)29-17-19-43-31-16-14-13-15-28(29)31)25(4)34(45)23(2)22-41(7,51-11)37(26(5)35(46)27(6)38(48)54-33)55-40-36(47)32(44(9)10)21-24(3)53-40/h13-17,19,23-27,30,32-33,36-37,40,47,50H,12,18,20-22H2,1-11H3/t23-,24-,25?,26+,27?,30-,32+,33-,36-,37-,40+,41-,42+/m1/s1. The maximum atomic E-state index is 14.5. The highest BCUT2D eigenvalue weighted by molar-refractivity contribution is 6.03. The molecule has 2 fully saturated rings. The van der Waals surface area contributed by atoms with Gasteiger partial charge in [-0.1, -0.05) is 45.9 Å². The molecule has 1 aromatic carbocycles. The number of rotatable bonds is 9. The van der Waals surface area contributed by atoms with Crippen molar-refractivity contribution in [1.82, 2.24) is 9.88 Å². The fourth-order valence-electron chi connectivity index (χ4n) is 8.70. The zero-order chi connectivity index (χ0) is 41.0. The van der Waals surface area contributed by atoms with Crippen LogP contribution in [-0.2, 0) is 38.1 Å². The van der Waals surface area contributed by atoms with Gasteiger partial charge in [0.05, 0.1) is 35.5 Å². The number of aromatic nitrogens is 1. The Morgan fingerprint density at radius 3 is 2.33 bits per heavy atom. The molecular weight excluding hydrogens is 708 g/mol. The van der Waals surface area contributed by atoms with E-state index in [4.69, 9.17) is 23.7 Å². The summed E-state index contributed by atoms with van der Waals surface area (Å²) < 4.78 is 30.5. The van der Waals surface area contributed by atoms with Crippen molar-refractivity contribution in [3.63, 3.8) is 0 Å². The fourth-order valence-corrected chi connectivity index (χ4v) is 8.70. The highest BCUT2D eigenvalue weighted by Gasteiger charge is 2.52. The van der Waals surface area contributed by atoms with Crippen LogP contribution in [0.15, 0.2) is 36.5 Å². The van der Waals surface area contributed by atoms with Crippen molar-refractivity contribution in [2.24, 2.45) is 29.6 Å². The van der Waals surface area contributed by atoms with Crippen LogP contribution < -0.4 is 0 Å². The first-order valence-electron chi connectivity index (χ1n) is 19.5. The number of Topliss-reactive ketones (excluding diaryl/α,β-unsaturated/α-hetero) is 2. The van der Waals surface area contributed by atoms with Crippen LogP contribution in [0.2, 0.25) is 0 Å². The molecule has 1 aromatic heterocycles. The number of likely N-dealkylation sites (N-methyl/N-ethyl adjacent to an activating group) is 1. The lowest BCUT2D eigenvalue weighted by Gasteiger charge is -2.47. The lowest BCUT2D eigenvalue weighted by atomic mass is 9.69. The minimum atomic E-state index is -1.77. The maximum absolute atomic E-state index is 14.5. The highest BCUT2D eigenvalue weighted by Crippen LogP contribution is 2.40. The molecule has 3 heterocycles. The molecule has 0 bridgehead atoms.